The van der Waals surface area contributed by atoms with E-state index in [4.69, 9.17) is 11.6 Å². The molecule has 0 fully saturated rings. The van der Waals surface area contributed by atoms with Gasteiger partial charge in [-0.2, -0.15) is 0 Å². The van der Waals surface area contributed by atoms with Crippen molar-refractivity contribution >= 4 is 11.6 Å². The van der Waals surface area contributed by atoms with E-state index in [0.29, 0.717) is 0 Å². The molecule has 1 aromatic carbocycles. The Morgan fingerprint density at radius 3 is 2.67 bits per heavy atom. The van der Waals surface area contributed by atoms with Crippen LogP contribution in [0.25, 0.3) is 0 Å². The Morgan fingerprint density at radius 2 is 2.06 bits per heavy atom. The minimum absolute atomic E-state index is 0.127. The molecule has 0 aromatic heterocycles. The van der Waals surface area contributed by atoms with Crippen LogP contribution in [0.2, 0.25) is 5.02 Å². The summed E-state index contributed by atoms with van der Waals surface area (Å²) in [5.74, 6) is -0.323. The summed E-state index contributed by atoms with van der Waals surface area (Å²) >= 11 is 6.04. The van der Waals surface area contributed by atoms with E-state index in [9.17, 15) is 4.39 Å². The van der Waals surface area contributed by atoms with Gasteiger partial charge in [-0.05, 0) is 36.4 Å². The molecule has 0 aliphatic heterocycles. The molecule has 1 atom stereocenters. The number of hydrogen-bond donors (Lipinski definition) is 1. The molecule has 0 saturated carbocycles. The van der Waals surface area contributed by atoms with Crippen LogP contribution in [0.4, 0.5) is 4.39 Å². The second kappa shape index (κ2) is 7.10. The molecule has 18 heavy (non-hydrogen) atoms. The van der Waals surface area contributed by atoms with Crippen LogP contribution in [0.3, 0.4) is 0 Å². The quantitative estimate of drug-likeness (QED) is 0.773. The van der Waals surface area contributed by atoms with Crippen LogP contribution in [0.1, 0.15) is 39.2 Å². The monoisotopic (exact) mass is 271 g/mol. The summed E-state index contributed by atoms with van der Waals surface area (Å²) in [6.07, 6.45) is 3.03. The van der Waals surface area contributed by atoms with Crippen molar-refractivity contribution in [2.45, 2.75) is 40.0 Å². The van der Waals surface area contributed by atoms with Gasteiger partial charge in [0.15, 0.2) is 0 Å². The number of hydrogen-bond acceptors (Lipinski definition) is 1. The zero-order valence-electron chi connectivity index (χ0n) is 11.5. The highest BCUT2D eigenvalue weighted by molar-refractivity contribution is 6.31. The van der Waals surface area contributed by atoms with Gasteiger partial charge in [0.05, 0.1) is 5.02 Å². The molecule has 0 saturated heterocycles. The Labute approximate surface area is 115 Å². The Morgan fingerprint density at radius 1 is 1.33 bits per heavy atom. The van der Waals surface area contributed by atoms with Gasteiger partial charge in [0.1, 0.15) is 5.82 Å². The fraction of sp³-hybridized carbons (Fsp3) is 0.600. The van der Waals surface area contributed by atoms with Gasteiger partial charge >= 0.3 is 0 Å². The zero-order valence-corrected chi connectivity index (χ0v) is 12.3. The Kier molecular flexibility index (Phi) is 6.10. The van der Waals surface area contributed by atoms with Crippen LogP contribution in [0, 0.1) is 11.2 Å². The Bertz CT molecular complexity index is 381. The van der Waals surface area contributed by atoms with Crippen molar-refractivity contribution in [3.8, 4) is 0 Å². The van der Waals surface area contributed by atoms with Gasteiger partial charge in [0, 0.05) is 6.54 Å². The van der Waals surface area contributed by atoms with Gasteiger partial charge < -0.3 is 5.32 Å². The first kappa shape index (κ1) is 15.5. The first-order valence-corrected chi connectivity index (χ1v) is 7.04. The number of benzene rings is 1. The molecular formula is C15H23ClFN. The minimum Gasteiger partial charge on any atom is -0.316 e. The highest BCUT2D eigenvalue weighted by Crippen LogP contribution is 2.31. The third kappa shape index (κ3) is 4.25. The van der Waals surface area contributed by atoms with E-state index in [1.54, 1.807) is 6.07 Å². The average Bonchev–Trinajstić information content (AvgIpc) is 2.33. The number of nitrogens with one attached hydrogen (secondary N) is 1. The average molecular weight is 272 g/mol. The predicted molar refractivity (Wildman–Crippen MR) is 76.7 cm³/mol. The third-order valence-corrected chi connectivity index (χ3v) is 3.73. The number of halogens is 2. The summed E-state index contributed by atoms with van der Waals surface area (Å²) in [5.41, 5.74) is 1.04. The molecule has 0 amide bonds. The van der Waals surface area contributed by atoms with Crippen molar-refractivity contribution in [2.75, 3.05) is 13.1 Å². The lowest BCUT2D eigenvalue weighted by atomic mass is 9.79. The SMILES string of the molecule is CCCC(C)(CNCC)Cc1cccc(F)c1Cl. The maximum Gasteiger partial charge on any atom is 0.142 e. The van der Waals surface area contributed by atoms with E-state index >= 15 is 0 Å². The van der Waals surface area contributed by atoms with E-state index in [0.717, 1.165) is 37.9 Å². The van der Waals surface area contributed by atoms with Gasteiger partial charge in [0.25, 0.3) is 0 Å². The fourth-order valence-electron chi connectivity index (χ4n) is 2.41. The van der Waals surface area contributed by atoms with Crippen molar-refractivity contribution in [3.05, 3.63) is 34.6 Å². The summed E-state index contributed by atoms with van der Waals surface area (Å²) in [7, 11) is 0. The third-order valence-electron chi connectivity index (χ3n) is 3.30. The van der Waals surface area contributed by atoms with E-state index in [2.05, 4.69) is 26.1 Å². The molecule has 0 bridgehead atoms. The molecule has 0 aliphatic rings. The first-order chi connectivity index (χ1) is 8.52. The van der Waals surface area contributed by atoms with Gasteiger partial charge in [-0.3, -0.25) is 0 Å². The molecule has 0 aliphatic carbocycles. The zero-order chi connectivity index (χ0) is 13.6. The lowest BCUT2D eigenvalue weighted by Gasteiger charge is -2.30. The largest absolute Gasteiger partial charge is 0.316 e. The summed E-state index contributed by atoms with van der Waals surface area (Å²) in [6.45, 7) is 8.40. The summed E-state index contributed by atoms with van der Waals surface area (Å²) < 4.78 is 13.4. The number of rotatable bonds is 7. The smallest absolute Gasteiger partial charge is 0.142 e. The Balaban J connectivity index is 2.85. The lowest BCUT2D eigenvalue weighted by Crippen LogP contribution is -2.33. The molecule has 3 heteroatoms. The summed E-state index contributed by atoms with van der Waals surface area (Å²) in [6, 6.07) is 5.06. The van der Waals surface area contributed by atoms with Gasteiger partial charge in [0.2, 0.25) is 0 Å². The van der Waals surface area contributed by atoms with Crippen LogP contribution in [-0.4, -0.2) is 13.1 Å². The molecule has 1 aromatic rings. The van der Waals surface area contributed by atoms with Crippen LogP contribution < -0.4 is 5.32 Å². The van der Waals surface area contributed by atoms with Crippen molar-refractivity contribution < 1.29 is 4.39 Å². The van der Waals surface area contributed by atoms with E-state index in [1.165, 1.54) is 6.07 Å². The van der Waals surface area contributed by atoms with Crippen molar-refractivity contribution in [1.82, 2.24) is 5.32 Å². The summed E-state index contributed by atoms with van der Waals surface area (Å²) in [5, 5.41) is 3.67. The standard InChI is InChI=1S/C15H23ClFN/c1-4-9-15(3,11-18-5-2)10-12-7-6-8-13(17)14(12)16/h6-8,18H,4-5,9-11H2,1-3H3. The molecule has 1 nitrogen and oxygen atoms in total. The van der Waals surface area contributed by atoms with E-state index in [-0.39, 0.29) is 16.3 Å². The lowest BCUT2D eigenvalue weighted by molar-refractivity contribution is 0.277. The molecular weight excluding hydrogens is 249 g/mol. The van der Waals surface area contributed by atoms with Crippen molar-refractivity contribution in [2.24, 2.45) is 5.41 Å². The molecule has 0 radical (unpaired) electrons. The maximum absolute atomic E-state index is 13.4. The topological polar surface area (TPSA) is 12.0 Å². The van der Waals surface area contributed by atoms with Crippen LogP contribution in [0.15, 0.2) is 18.2 Å². The highest BCUT2D eigenvalue weighted by atomic mass is 35.5. The van der Waals surface area contributed by atoms with Gasteiger partial charge in [-0.25, -0.2) is 4.39 Å². The molecule has 1 unspecified atom stereocenters. The molecule has 1 rings (SSSR count). The van der Waals surface area contributed by atoms with Gasteiger partial charge in [-0.15, -0.1) is 0 Å². The Hall–Kier alpha value is -0.600. The predicted octanol–water partition coefficient (Wildman–Crippen LogP) is 4.44. The van der Waals surface area contributed by atoms with Crippen molar-refractivity contribution in [1.29, 1.82) is 0 Å². The maximum atomic E-state index is 13.4. The fourth-order valence-corrected chi connectivity index (χ4v) is 2.61. The molecule has 0 heterocycles. The normalized spacial score (nSPS) is 14.5. The van der Waals surface area contributed by atoms with Crippen LogP contribution >= 0.6 is 11.6 Å². The molecule has 102 valence electrons. The van der Waals surface area contributed by atoms with Gasteiger partial charge in [-0.1, -0.05) is 50.9 Å². The van der Waals surface area contributed by atoms with Crippen LogP contribution in [0.5, 0.6) is 0 Å². The molecule has 1 N–H and O–H groups in total. The second-order valence-electron chi connectivity index (χ2n) is 5.23. The minimum atomic E-state index is -0.323. The van der Waals surface area contributed by atoms with Crippen LogP contribution in [-0.2, 0) is 6.42 Å². The first-order valence-electron chi connectivity index (χ1n) is 6.66. The van der Waals surface area contributed by atoms with Crippen molar-refractivity contribution in [3.63, 3.8) is 0 Å². The van der Waals surface area contributed by atoms with E-state index in [1.807, 2.05) is 6.07 Å². The summed E-state index contributed by atoms with van der Waals surface area (Å²) in [4.78, 5) is 0. The highest BCUT2D eigenvalue weighted by Gasteiger charge is 2.24. The second-order valence-corrected chi connectivity index (χ2v) is 5.61. The molecule has 0 spiro atoms. The van der Waals surface area contributed by atoms with E-state index < -0.39 is 0 Å².